The van der Waals surface area contributed by atoms with Gasteiger partial charge in [-0.15, -0.1) is 0 Å². The number of nitrogens with one attached hydrogen (secondary N) is 1. The van der Waals surface area contributed by atoms with Crippen LogP contribution in [0, 0.1) is 13.8 Å². The first-order chi connectivity index (χ1) is 11.9. The summed E-state index contributed by atoms with van der Waals surface area (Å²) in [4.78, 5) is 12.2. The van der Waals surface area contributed by atoms with E-state index in [1.807, 2.05) is 19.1 Å². The molecule has 2 rings (SSSR count). The Morgan fingerprint density at radius 2 is 1.72 bits per heavy atom. The van der Waals surface area contributed by atoms with Crippen LogP contribution in [0.15, 0.2) is 42.5 Å². The van der Waals surface area contributed by atoms with E-state index < -0.39 is 6.10 Å². The van der Waals surface area contributed by atoms with Crippen molar-refractivity contribution < 1.29 is 14.6 Å². The lowest BCUT2D eigenvalue weighted by Gasteiger charge is -2.21. The van der Waals surface area contributed by atoms with Crippen molar-refractivity contribution in [2.75, 3.05) is 7.11 Å². The minimum atomic E-state index is -0.754. The van der Waals surface area contributed by atoms with Crippen molar-refractivity contribution in [3.8, 4) is 5.75 Å². The molecule has 0 bridgehead atoms. The zero-order chi connectivity index (χ0) is 18.4. The van der Waals surface area contributed by atoms with Crippen LogP contribution in [0.1, 0.15) is 41.7 Å². The standard InChI is InChI=1S/C21H27NO3/c1-14-11-15(2)13-17(12-14)5-10-20(23)22-16(3)21(24)18-6-8-19(25-4)9-7-18/h6-9,11-13,16,21,24H,5,10H2,1-4H3,(H,22,23). The average molecular weight is 341 g/mol. The second kappa shape index (κ2) is 8.67. The van der Waals surface area contributed by atoms with E-state index in [2.05, 4.69) is 37.4 Å². The summed E-state index contributed by atoms with van der Waals surface area (Å²) < 4.78 is 5.11. The molecule has 0 spiro atoms. The molecule has 0 aliphatic carbocycles. The molecule has 0 saturated carbocycles. The van der Waals surface area contributed by atoms with Gasteiger partial charge >= 0.3 is 0 Å². The first-order valence-corrected chi connectivity index (χ1v) is 8.57. The van der Waals surface area contributed by atoms with Crippen molar-refractivity contribution >= 4 is 5.91 Å². The Morgan fingerprint density at radius 1 is 1.12 bits per heavy atom. The summed E-state index contributed by atoms with van der Waals surface area (Å²) in [5, 5.41) is 13.3. The van der Waals surface area contributed by atoms with E-state index in [4.69, 9.17) is 4.74 Å². The summed E-state index contributed by atoms with van der Waals surface area (Å²) in [6, 6.07) is 13.2. The molecule has 0 aliphatic heterocycles. The van der Waals surface area contributed by atoms with Crippen LogP contribution < -0.4 is 10.1 Å². The van der Waals surface area contributed by atoms with Crippen molar-refractivity contribution in [3.05, 3.63) is 64.7 Å². The smallest absolute Gasteiger partial charge is 0.220 e. The van der Waals surface area contributed by atoms with Gasteiger partial charge in [0.1, 0.15) is 5.75 Å². The van der Waals surface area contributed by atoms with E-state index >= 15 is 0 Å². The van der Waals surface area contributed by atoms with Gasteiger partial charge in [0.15, 0.2) is 0 Å². The number of rotatable bonds is 7. The van der Waals surface area contributed by atoms with Gasteiger partial charge in [-0.25, -0.2) is 0 Å². The molecule has 0 aliphatic rings. The number of carbonyl (C=O) groups is 1. The van der Waals surface area contributed by atoms with Gasteiger partial charge in [0, 0.05) is 6.42 Å². The first kappa shape index (κ1) is 19.0. The highest BCUT2D eigenvalue weighted by atomic mass is 16.5. The maximum atomic E-state index is 12.2. The molecule has 2 atom stereocenters. The molecular formula is C21H27NO3. The maximum absolute atomic E-state index is 12.2. The Balaban J connectivity index is 1.88. The molecule has 2 N–H and O–H groups in total. The van der Waals surface area contributed by atoms with Crippen LogP contribution in [0.5, 0.6) is 5.75 Å². The number of aliphatic hydroxyl groups is 1. The number of methoxy groups -OCH3 is 1. The molecule has 134 valence electrons. The number of aryl methyl sites for hydroxylation is 3. The Bertz CT molecular complexity index is 689. The van der Waals surface area contributed by atoms with Crippen molar-refractivity contribution in [1.29, 1.82) is 0 Å². The fourth-order valence-corrected chi connectivity index (χ4v) is 2.97. The number of hydrogen-bond acceptors (Lipinski definition) is 3. The SMILES string of the molecule is COc1ccc(C(O)C(C)NC(=O)CCc2cc(C)cc(C)c2)cc1. The molecule has 0 radical (unpaired) electrons. The van der Waals surface area contributed by atoms with Crippen molar-refractivity contribution in [1.82, 2.24) is 5.32 Å². The van der Waals surface area contributed by atoms with Crippen LogP contribution in [0.25, 0.3) is 0 Å². The maximum Gasteiger partial charge on any atom is 0.220 e. The van der Waals surface area contributed by atoms with Crippen molar-refractivity contribution in [3.63, 3.8) is 0 Å². The van der Waals surface area contributed by atoms with Gasteiger partial charge in [0.25, 0.3) is 0 Å². The van der Waals surface area contributed by atoms with Crippen LogP contribution in [0.2, 0.25) is 0 Å². The van der Waals surface area contributed by atoms with Gasteiger partial charge < -0.3 is 15.2 Å². The second-order valence-electron chi connectivity index (χ2n) is 6.57. The first-order valence-electron chi connectivity index (χ1n) is 8.57. The van der Waals surface area contributed by atoms with Gasteiger partial charge in [-0.3, -0.25) is 4.79 Å². The molecular weight excluding hydrogens is 314 g/mol. The van der Waals surface area contributed by atoms with Crippen molar-refractivity contribution in [2.24, 2.45) is 0 Å². The van der Waals surface area contributed by atoms with Crippen molar-refractivity contribution in [2.45, 2.75) is 45.8 Å². The lowest BCUT2D eigenvalue weighted by molar-refractivity contribution is -0.122. The number of amides is 1. The van der Waals surface area contributed by atoms with E-state index in [1.165, 1.54) is 11.1 Å². The minimum absolute atomic E-state index is 0.0563. The highest BCUT2D eigenvalue weighted by Gasteiger charge is 2.18. The predicted molar refractivity (Wildman–Crippen MR) is 99.8 cm³/mol. The largest absolute Gasteiger partial charge is 0.497 e. The second-order valence-corrected chi connectivity index (χ2v) is 6.57. The molecule has 0 fully saturated rings. The summed E-state index contributed by atoms with van der Waals surface area (Å²) in [5.74, 6) is 0.681. The topological polar surface area (TPSA) is 58.6 Å². The van der Waals surface area contributed by atoms with E-state index in [0.29, 0.717) is 12.8 Å². The summed E-state index contributed by atoms with van der Waals surface area (Å²) in [6.45, 7) is 5.93. The fourth-order valence-electron chi connectivity index (χ4n) is 2.97. The van der Waals surface area contributed by atoms with E-state index in [-0.39, 0.29) is 11.9 Å². The summed E-state index contributed by atoms with van der Waals surface area (Å²) >= 11 is 0. The third kappa shape index (κ3) is 5.61. The Labute approximate surface area is 149 Å². The van der Waals surface area contributed by atoms with Gasteiger partial charge in [-0.05, 0) is 50.5 Å². The molecule has 4 heteroatoms. The predicted octanol–water partition coefficient (Wildman–Crippen LogP) is 3.48. The molecule has 0 heterocycles. The molecule has 2 unspecified atom stereocenters. The number of aliphatic hydroxyl groups excluding tert-OH is 1. The summed E-state index contributed by atoms with van der Waals surface area (Å²) in [5.41, 5.74) is 4.33. The van der Waals surface area contributed by atoms with E-state index in [0.717, 1.165) is 16.9 Å². The molecule has 1 amide bonds. The molecule has 0 aromatic heterocycles. The lowest BCUT2D eigenvalue weighted by Crippen LogP contribution is -2.37. The van der Waals surface area contributed by atoms with E-state index in [1.54, 1.807) is 19.2 Å². The van der Waals surface area contributed by atoms with Crippen LogP contribution >= 0.6 is 0 Å². The third-order valence-corrected chi connectivity index (χ3v) is 4.24. The number of benzene rings is 2. The Morgan fingerprint density at radius 3 is 2.28 bits per heavy atom. The molecule has 2 aromatic carbocycles. The van der Waals surface area contributed by atoms with Gasteiger partial charge in [0.2, 0.25) is 5.91 Å². The van der Waals surface area contributed by atoms with Crippen LogP contribution in [-0.2, 0) is 11.2 Å². The Kier molecular flexibility index (Phi) is 6.59. The summed E-state index contributed by atoms with van der Waals surface area (Å²) in [6.07, 6.45) is 0.346. The number of carbonyl (C=O) groups excluding carboxylic acids is 1. The zero-order valence-electron chi connectivity index (χ0n) is 15.4. The quantitative estimate of drug-likeness (QED) is 0.810. The molecule has 0 saturated heterocycles. The highest BCUT2D eigenvalue weighted by molar-refractivity contribution is 5.76. The molecule has 2 aromatic rings. The minimum Gasteiger partial charge on any atom is -0.497 e. The van der Waals surface area contributed by atoms with Gasteiger partial charge in [-0.2, -0.15) is 0 Å². The third-order valence-electron chi connectivity index (χ3n) is 4.24. The van der Waals surface area contributed by atoms with Crippen LogP contribution in [-0.4, -0.2) is 24.2 Å². The summed E-state index contributed by atoms with van der Waals surface area (Å²) in [7, 11) is 1.60. The average Bonchev–Trinajstić information content (AvgIpc) is 2.58. The molecule has 4 nitrogen and oxygen atoms in total. The fraction of sp³-hybridized carbons (Fsp3) is 0.381. The monoisotopic (exact) mass is 341 g/mol. The normalized spacial score (nSPS) is 13.2. The lowest BCUT2D eigenvalue weighted by atomic mass is 10.0. The van der Waals surface area contributed by atoms with Crippen LogP contribution in [0.3, 0.4) is 0 Å². The van der Waals surface area contributed by atoms with E-state index in [9.17, 15) is 9.90 Å². The van der Waals surface area contributed by atoms with Crippen LogP contribution in [0.4, 0.5) is 0 Å². The van der Waals surface area contributed by atoms with Gasteiger partial charge in [-0.1, -0.05) is 41.5 Å². The number of ether oxygens (including phenoxy) is 1. The Hall–Kier alpha value is -2.33. The van der Waals surface area contributed by atoms with Gasteiger partial charge in [0.05, 0.1) is 19.3 Å². The zero-order valence-corrected chi connectivity index (χ0v) is 15.4. The number of hydrogen-bond donors (Lipinski definition) is 2. The molecule has 25 heavy (non-hydrogen) atoms. The highest BCUT2D eigenvalue weighted by Crippen LogP contribution is 2.20.